The summed E-state index contributed by atoms with van der Waals surface area (Å²) in [5.41, 5.74) is 0.810. The molecule has 0 bridgehead atoms. The lowest BCUT2D eigenvalue weighted by Gasteiger charge is -2.19. The topological polar surface area (TPSA) is 182 Å². The van der Waals surface area contributed by atoms with Gasteiger partial charge in [-0.15, -0.1) is 0 Å². The van der Waals surface area contributed by atoms with Gasteiger partial charge in [0.25, 0.3) is 0 Å². The van der Waals surface area contributed by atoms with E-state index >= 15 is 0 Å². The van der Waals surface area contributed by atoms with Crippen LogP contribution in [0.2, 0.25) is 0 Å². The summed E-state index contributed by atoms with van der Waals surface area (Å²) in [6.07, 6.45) is 1.46. The van der Waals surface area contributed by atoms with Gasteiger partial charge < -0.3 is 20.8 Å². The van der Waals surface area contributed by atoms with E-state index in [-0.39, 0.29) is 35.0 Å². The molecule has 4 aromatic rings. The number of H-pyrrole nitrogens is 2. The molecular formula is C22H30N8O4S4. The lowest BCUT2D eigenvalue weighted by atomic mass is 10.0. The highest BCUT2D eigenvalue weighted by Crippen LogP contribution is 2.37. The van der Waals surface area contributed by atoms with Crippen LogP contribution in [-0.4, -0.2) is 65.4 Å². The molecule has 0 aliphatic carbocycles. The van der Waals surface area contributed by atoms with Gasteiger partial charge in [-0.3, -0.25) is 19.6 Å². The molecule has 12 nitrogen and oxygen atoms in total. The Hall–Kier alpha value is -2.24. The third-order valence-electron chi connectivity index (χ3n) is 5.35. The number of aliphatic hydroxyl groups excluding tert-OH is 2. The van der Waals surface area contributed by atoms with Crippen LogP contribution >= 0.6 is 44.3 Å². The molecule has 6 N–H and O–H groups in total. The van der Waals surface area contributed by atoms with Gasteiger partial charge in [0.15, 0.2) is 22.9 Å². The van der Waals surface area contributed by atoms with Gasteiger partial charge in [-0.05, 0) is 46.3 Å². The number of rotatable bonds is 13. The Labute approximate surface area is 233 Å². The van der Waals surface area contributed by atoms with Crippen LogP contribution in [0.3, 0.4) is 0 Å². The number of anilines is 2. The maximum atomic E-state index is 12.0. The maximum absolute atomic E-state index is 12.0. The van der Waals surface area contributed by atoms with Crippen molar-refractivity contribution in [3.05, 3.63) is 19.3 Å². The van der Waals surface area contributed by atoms with Crippen LogP contribution in [0.5, 0.6) is 0 Å². The van der Waals surface area contributed by atoms with Crippen LogP contribution in [-0.2, 0) is 0 Å². The van der Waals surface area contributed by atoms with Crippen molar-refractivity contribution in [2.45, 2.75) is 62.9 Å². The standard InChI is InChI=1S/C22H30N8O4S4/c1-9(2)5-11(7-31)23-15-13-17(29-21(33)35-13)27-19(25-15)37-38-20-26-16(24-12(8-32)6-10(3)4)14-18(28-20)30-22(34)36-14/h9-12,31-32H,5-8H2,1-4H3,(H2,23,25,27,29,33)(H2,24,26,28,30,34). The molecule has 0 amide bonds. The monoisotopic (exact) mass is 598 g/mol. The van der Waals surface area contributed by atoms with Gasteiger partial charge >= 0.3 is 9.75 Å². The normalized spacial score (nSPS) is 13.6. The Kier molecular flexibility index (Phi) is 9.64. The van der Waals surface area contributed by atoms with Crippen LogP contribution in [0.1, 0.15) is 40.5 Å². The van der Waals surface area contributed by atoms with Crippen molar-refractivity contribution in [2.75, 3.05) is 23.8 Å². The van der Waals surface area contributed by atoms with Crippen molar-refractivity contribution < 1.29 is 10.2 Å². The minimum absolute atomic E-state index is 0.0751. The average Bonchev–Trinajstić information content (AvgIpc) is 3.42. The van der Waals surface area contributed by atoms with E-state index < -0.39 is 0 Å². The third-order valence-corrected chi connectivity index (χ3v) is 8.99. The molecule has 2 unspecified atom stereocenters. The van der Waals surface area contributed by atoms with Gasteiger partial charge in [0.2, 0.25) is 10.3 Å². The third kappa shape index (κ3) is 7.24. The predicted molar refractivity (Wildman–Crippen MR) is 156 cm³/mol. The number of aromatic amines is 2. The van der Waals surface area contributed by atoms with E-state index in [1.807, 2.05) is 0 Å². The summed E-state index contributed by atoms with van der Waals surface area (Å²) in [5.74, 6) is 1.66. The number of hydrogen-bond acceptors (Lipinski definition) is 14. The average molecular weight is 599 g/mol. The Morgan fingerprint density at radius 1 is 0.737 bits per heavy atom. The SMILES string of the molecule is CC(C)CC(CO)Nc1nc(SSc2nc(NC(CO)CC(C)C)c3sc(=O)[nH]c3n2)nc2[nH]c(=O)sc12. The fourth-order valence-electron chi connectivity index (χ4n) is 3.88. The Morgan fingerprint density at radius 2 is 1.13 bits per heavy atom. The fourth-order valence-corrected chi connectivity index (χ4v) is 6.89. The predicted octanol–water partition coefficient (Wildman–Crippen LogP) is 3.51. The van der Waals surface area contributed by atoms with Gasteiger partial charge in [-0.2, -0.15) is 0 Å². The van der Waals surface area contributed by atoms with Crippen molar-refractivity contribution in [1.29, 1.82) is 0 Å². The number of fused-ring (bicyclic) bond motifs is 2. The number of thiazole rings is 2. The zero-order chi connectivity index (χ0) is 27.4. The molecule has 2 atom stereocenters. The maximum Gasteiger partial charge on any atom is 0.306 e. The first kappa shape index (κ1) is 28.8. The molecule has 38 heavy (non-hydrogen) atoms. The summed E-state index contributed by atoms with van der Waals surface area (Å²) < 4.78 is 1.18. The van der Waals surface area contributed by atoms with E-state index in [9.17, 15) is 19.8 Å². The Bertz CT molecular complexity index is 1390. The van der Waals surface area contributed by atoms with E-state index in [1.165, 1.54) is 21.6 Å². The molecule has 0 radical (unpaired) electrons. The highest BCUT2D eigenvalue weighted by Gasteiger charge is 2.19. The smallest absolute Gasteiger partial charge is 0.306 e. The van der Waals surface area contributed by atoms with Crippen LogP contribution in [0, 0.1) is 11.8 Å². The molecule has 4 aromatic heterocycles. The lowest BCUT2D eigenvalue weighted by molar-refractivity contribution is 0.259. The number of aromatic nitrogens is 6. The van der Waals surface area contributed by atoms with Gasteiger partial charge in [0, 0.05) is 0 Å². The molecule has 0 saturated heterocycles. The first-order valence-corrected chi connectivity index (χ1v) is 15.8. The van der Waals surface area contributed by atoms with Crippen LogP contribution in [0.25, 0.3) is 20.7 Å². The van der Waals surface area contributed by atoms with Crippen molar-refractivity contribution in [3.8, 4) is 0 Å². The second kappa shape index (κ2) is 12.7. The highest BCUT2D eigenvalue weighted by molar-refractivity contribution is 8.76. The summed E-state index contributed by atoms with van der Waals surface area (Å²) in [6, 6.07) is -0.452. The second-order valence-corrected chi connectivity index (χ2v) is 13.6. The van der Waals surface area contributed by atoms with E-state index in [4.69, 9.17) is 0 Å². The summed E-state index contributed by atoms with van der Waals surface area (Å²) >= 11 is 2.02. The molecule has 0 fully saturated rings. The zero-order valence-electron chi connectivity index (χ0n) is 21.3. The number of nitrogens with zero attached hydrogens (tertiary/aromatic N) is 4. The molecule has 0 aliphatic heterocycles. The number of aliphatic hydroxyl groups is 2. The lowest BCUT2D eigenvalue weighted by Crippen LogP contribution is -2.26. The molecule has 0 saturated carbocycles. The van der Waals surface area contributed by atoms with Crippen molar-refractivity contribution in [2.24, 2.45) is 11.8 Å². The van der Waals surface area contributed by atoms with Gasteiger partial charge in [-0.1, -0.05) is 50.4 Å². The van der Waals surface area contributed by atoms with Crippen LogP contribution in [0.15, 0.2) is 19.9 Å². The molecule has 16 heteroatoms. The Balaban J connectivity index is 1.61. The molecule has 4 heterocycles. The molecule has 0 aliphatic rings. The first-order chi connectivity index (χ1) is 18.1. The minimum atomic E-state index is -0.248. The van der Waals surface area contributed by atoms with Crippen molar-refractivity contribution >= 4 is 76.6 Å². The Morgan fingerprint density at radius 3 is 1.47 bits per heavy atom. The summed E-state index contributed by atoms with van der Waals surface area (Å²) in [7, 11) is 2.41. The quantitative estimate of drug-likeness (QED) is 0.0974. The second-order valence-electron chi connectivity index (χ2n) is 9.57. The van der Waals surface area contributed by atoms with Crippen LogP contribution in [0.4, 0.5) is 11.6 Å². The van der Waals surface area contributed by atoms with Gasteiger partial charge in [-0.25, -0.2) is 19.9 Å². The number of nitrogens with one attached hydrogen (secondary N) is 4. The zero-order valence-corrected chi connectivity index (χ0v) is 24.5. The van der Waals surface area contributed by atoms with Gasteiger partial charge in [0.1, 0.15) is 9.40 Å². The minimum Gasteiger partial charge on any atom is -0.394 e. The fraction of sp³-hybridized carbons (Fsp3) is 0.545. The molecule has 0 spiro atoms. The van der Waals surface area contributed by atoms with E-state index in [0.29, 0.717) is 54.5 Å². The van der Waals surface area contributed by atoms with E-state index in [1.54, 1.807) is 0 Å². The molecule has 0 aromatic carbocycles. The summed E-state index contributed by atoms with van der Waals surface area (Å²) in [5, 5.41) is 26.9. The first-order valence-electron chi connectivity index (χ1n) is 12.1. The summed E-state index contributed by atoms with van der Waals surface area (Å²) in [4.78, 5) is 47.2. The van der Waals surface area contributed by atoms with E-state index in [0.717, 1.165) is 35.5 Å². The van der Waals surface area contributed by atoms with Crippen molar-refractivity contribution in [3.63, 3.8) is 0 Å². The molecule has 206 valence electrons. The number of hydrogen-bond donors (Lipinski definition) is 6. The van der Waals surface area contributed by atoms with Gasteiger partial charge in [0.05, 0.1) is 25.3 Å². The van der Waals surface area contributed by atoms with Crippen molar-refractivity contribution in [1.82, 2.24) is 29.9 Å². The largest absolute Gasteiger partial charge is 0.394 e. The molecule has 4 rings (SSSR count). The summed E-state index contributed by atoms with van der Waals surface area (Å²) in [6.45, 7) is 8.12. The molecular weight excluding hydrogens is 569 g/mol. The van der Waals surface area contributed by atoms with Crippen LogP contribution < -0.4 is 20.4 Å². The highest BCUT2D eigenvalue weighted by atomic mass is 33.1. The van der Waals surface area contributed by atoms with E-state index in [2.05, 4.69) is 68.2 Å².